The summed E-state index contributed by atoms with van der Waals surface area (Å²) in [5.41, 5.74) is 6.53. The molecule has 2 aromatic carbocycles. The van der Waals surface area contributed by atoms with Crippen LogP contribution in [0.5, 0.6) is 0 Å². The van der Waals surface area contributed by atoms with Gasteiger partial charge in [0, 0.05) is 30.9 Å². The fourth-order valence-electron chi connectivity index (χ4n) is 5.53. The van der Waals surface area contributed by atoms with Gasteiger partial charge in [0.05, 0.1) is 10.5 Å². The van der Waals surface area contributed by atoms with Crippen molar-refractivity contribution in [2.45, 2.75) is 40.8 Å². The molecule has 1 heterocycles. The molecular formula is C29H36N3O2Si. The number of hydrogen-bond acceptors (Lipinski definition) is 3. The summed E-state index contributed by atoms with van der Waals surface area (Å²) < 4.78 is 2.37. The van der Waals surface area contributed by atoms with E-state index in [1.807, 2.05) is 12.1 Å². The third-order valence-electron chi connectivity index (χ3n) is 7.52. The van der Waals surface area contributed by atoms with Crippen molar-refractivity contribution in [3.63, 3.8) is 0 Å². The maximum atomic E-state index is 12.0. The zero-order valence-corrected chi connectivity index (χ0v) is 22.8. The van der Waals surface area contributed by atoms with Crippen LogP contribution in [-0.4, -0.2) is 49.5 Å². The molecule has 0 unspecified atom stereocenters. The van der Waals surface area contributed by atoms with Gasteiger partial charge in [0.25, 0.3) is 5.69 Å². The number of rotatable bonds is 7. The van der Waals surface area contributed by atoms with Crippen LogP contribution in [0.4, 0.5) is 11.4 Å². The van der Waals surface area contributed by atoms with Gasteiger partial charge in [0.1, 0.15) is 13.1 Å². The van der Waals surface area contributed by atoms with Crippen molar-refractivity contribution in [3.05, 3.63) is 92.7 Å². The molecule has 0 aromatic heterocycles. The Hall–Kier alpha value is -3.25. The minimum absolute atomic E-state index is 0.154. The summed E-state index contributed by atoms with van der Waals surface area (Å²) in [6.45, 7) is 17.3. The number of nitrogens with zero attached hydrogens (tertiary/aromatic N) is 3. The largest absolute Gasteiger partial charge is 0.372 e. The number of fused-ring (bicyclic) bond motifs is 2. The van der Waals surface area contributed by atoms with E-state index in [2.05, 4.69) is 86.7 Å². The summed E-state index contributed by atoms with van der Waals surface area (Å²) in [6, 6.07) is 13.9. The van der Waals surface area contributed by atoms with E-state index < -0.39 is 8.07 Å². The van der Waals surface area contributed by atoms with Gasteiger partial charge < -0.3 is 4.90 Å². The van der Waals surface area contributed by atoms with E-state index >= 15 is 0 Å². The molecule has 0 saturated heterocycles. The van der Waals surface area contributed by atoms with Gasteiger partial charge in [-0.2, -0.15) is 23.5 Å². The molecule has 2 aromatic rings. The third-order valence-corrected chi connectivity index (χ3v) is 11.0. The average molecular weight is 487 g/mol. The predicted molar refractivity (Wildman–Crippen MR) is 150 cm³/mol. The molecule has 35 heavy (non-hydrogen) atoms. The van der Waals surface area contributed by atoms with E-state index in [4.69, 9.17) is 0 Å². The van der Waals surface area contributed by atoms with Crippen molar-refractivity contribution in [2.75, 3.05) is 31.1 Å². The first kappa shape index (κ1) is 24.9. The highest BCUT2D eigenvalue weighted by Gasteiger charge is 2.33. The lowest BCUT2D eigenvalue weighted by atomic mass is 9.88. The SMILES string of the molecule is CCN(CC)c1ccc2c(c1)[Si-](C)(C)C1=CC(=[N+](CC)CC)C=CC1=C2c1ccccc1[N+](=O)[O-]. The van der Waals surface area contributed by atoms with E-state index in [0.717, 1.165) is 42.9 Å². The van der Waals surface area contributed by atoms with Crippen LogP contribution in [-0.2, 0) is 0 Å². The molecule has 2 aliphatic rings. The normalized spacial score (nSPS) is 15.9. The summed E-state index contributed by atoms with van der Waals surface area (Å²) >= 11 is 0. The molecule has 1 aliphatic carbocycles. The fourth-order valence-corrected chi connectivity index (χ4v) is 8.60. The van der Waals surface area contributed by atoms with E-state index in [-0.39, 0.29) is 10.6 Å². The number of para-hydroxylation sites is 1. The number of allylic oxidation sites excluding steroid dienone is 5. The van der Waals surface area contributed by atoms with Crippen LogP contribution in [0, 0.1) is 10.1 Å². The fraction of sp³-hybridized carbons (Fsp3) is 0.345. The number of anilines is 1. The van der Waals surface area contributed by atoms with E-state index in [9.17, 15) is 10.1 Å². The van der Waals surface area contributed by atoms with Crippen LogP contribution in [0.15, 0.2) is 71.5 Å². The van der Waals surface area contributed by atoms with Crippen LogP contribution >= 0.6 is 0 Å². The molecule has 0 bridgehead atoms. The number of nitro benzene ring substituents is 1. The number of nitro groups is 1. The molecule has 0 saturated carbocycles. The van der Waals surface area contributed by atoms with Gasteiger partial charge in [-0.3, -0.25) is 10.1 Å². The molecule has 0 radical (unpaired) electrons. The Morgan fingerprint density at radius 3 is 2.23 bits per heavy atom. The monoisotopic (exact) mass is 486 g/mol. The van der Waals surface area contributed by atoms with Crippen molar-refractivity contribution in [2.24, 2.45) is 0 Å². The Bertz CT molecular complexity index is 1290. The highest BCUT2D eigenvalue weighted by Crippen LogP contribution is 2.43. The highest BCUT2D eigenvalue weighted by molar-refractivity contribution is 6.98. The molecule has 6 heteroatoms. The first-order valence-corrected chi connectivity index (χ1v) is 15.7. The summed E-state index contributed by atoms with van der Waals surface area (Å²) in [4.78, 5) is 14.2. The zero-order valence-electron chi connectivity index (χ0n) is 21.8. The van der Waals surface area contributed by atoms with E-state index in [1.54, 1.807) is 12.1 Å². The van der Waals surface area contributed by atoms with E-state index in [1.165, 1.54) is 21.8 Å². The smallest absolute Gasteiger partial charge is 0.277 e. The van der Waals surface area contributed by atoms with Gasteiger partial charge >= 0.3 is 0 Å². The minimum atomic E-state index is -2.10. The maximum Gasteiger partial charge on any atom is 0.277 e. The van der Waals surface area contributed by atoms with Crippen molar-refractivity contribution >= 4 is 35.9 Å². The second kappa shape index (κ2) is 9.78. The quantitative estimate of drug-likeness (QED) is 0.218. The van der Waals surface area contributed by atoms with Crippen molar-refractivity contribution < 1.29 is 9.50 Å². The topological polar surface area (TPSA) is 49.4 Å². The summed E-state index contributed by atoms with van der Waals surface area (Å²) in [6.07, 6.45) is 6.74. The predicted octanol–water partition coefficient (Wildman–Crippen LogP) is 5.70. The first-order chi connectivity index (χ1) is 16.8. The lowest BCUT2D eigenvalue weighted by Gasteiger charge is -2.47. The van der Waals surface area contributed by atoms with Gasteiger partial charge in [-0.15, -0.1) is 0 Å². The zero-order chi connectivity index (χ0) is 25.3. The second-order valence-corrected chi connectivity index (χ2v) is 13.9. The third kappa shape index (κ3) is 4.20. The lowest BCUT2D eigenvalue weighted by molar-refractivity contribution is -0.519. The van der Waals surface area contributed by atoms with Crippen LogP contribution in [0.2, 0.25) is 13.1 Å². The Kier molecular flexibility index (Phi) is 6.95. The Morgan fingerprint density at radius 1 is 0.914 bits per heavy atom. The molecule has 4 rings (SSSR count). The maximum absolute atomic E-state index is 12.0. The highest BCUT2D eigenvalue weighted by atomic mass is 28.3. The first-order valence-electron chi connectivity index (χ1n) is 12.7. The number of hydrogen-bond donors (Lipinski definition) is 0. The minimum Gasteiger partial charge on any atom is -0.372 e. The molecule has 183 valence electrons. The average Bonchev–Trinajstić information content (AvgIpc) is 2.86. The van der Waals surface area contributed by atoms with Gasteiger partial charge in [-0.25, -0.2) is 4.58 Å². The van der Waals surface area contributed by atoms with Gasteiger partial charge in [-0.05, 0) is 62.6 Å². The molecule has 0 N–H and O–H groups in total. The summed E-state index contributed by atoms with van der Waals surface area (Å²) in [7, 11) is -2.10. The standard InChI is InChI=1S/C29H36N3O2Si/c1-7-30(8-2)21-15-17-24-27(19-21)35(5,6)28-20-22(31(9-3)10-4)16-18-25(28)29(24)23-13-11-12-14-26(23)32(33)34/h11-20H,7-10H2,1-6H3. The Morgan fingerprint density at radius 2 is 1.60 bits per heavy atom. The van der Waals surface area contributed by atoms with Crippen LogP contribution in [0.25, 0.3) is 5.57 Å². The summed E-state index contributed by atoms with van der Waals surface area (Å²) in [5, 5.41) is 14.7. The Labute approximate surface area is 210 Å². The summed E-state index contributed by atoms with van der Waals surface area (Å²) in [5.74, 6) is 0. The number of benzene rings is 2. The van der Waals surface area contributed by atoms with Crippen molar-refractivity contribution in [3.8, 4) is 0 Å². The van der Waals surface area contributed by atoms with Gasteiger partial charge in [-0.1, -0.05) is 38.4 Å². The van der Waals surface area contributed by atoms with Gasteiger partial charge in [0.15, 0.2) is 5.71 Å². The van der Waals surface area contributed by atoms with E-state index in [0.29, 0.717) is 5.56 Å². The molecule has 0 amide bonds. The lowest BCUT2D eigenvalue weighted by Crippen LogP contribution is -2.50. The molecule has 1 aliphatic heterocycles. The van der Waals surface area contributed by atoms with Gasteiger partial charge in [0.2, 0.25) is 0 Å². The van der Waals surface area contributed by atoms with Crippen LogP contribution < -0.4 is 10.1 Å². The molecule has 5 nitrogen and oxygen atoms in total. The molecule has 0 atom stereocenters. The van der Waals surface area contributed by atoms with Crippen LogP contribution in [0.1, 0.15) is 38.8 Å². The van der Waals surface area contributed by atoms with Crippen LogP contribution in [0.3, 0.4) is 0 Å². The van der Waals surface area contributed by atoms with Crippen molar-refractivity contribution in [1.29, 1.82) is 0 Å². The molecular weight excluding hydrogens is 450 g/mol. The van der Waals surface area contributed by atoms with Crippen molar-refractivity contribution in [1.82, 2.24) is 0 Å². The second-order valence-electron chi connectivity index (χ2n) is 9.58. The Balaban J connectivity index is 2.09. The molecule has 0 spiro atoms. The molecule has 0 fully saturated rings.